The van der Waals surface area contributed by atoms with Gasteiger partial charge in [-0.15, -0.1) is 0 Å². The molecule has 5 nitrogen and oxygen atoms in total. The van der Waals surface area contributed by atoms with E-state index < -0.39 is 0 Å². The van der Waals surface area contributed by atoms with Gasteiger partial charge in [0.1, 0.15) is 5.82 Å². The summed E-state index contributed by atoms with van der Waals surface area (Å²) >= 11 is 0. The van der Waals surface area contributed by atoms with Crippen LogP contribution in [0.25, 0.3) is 0 Å². The Balaban J connectivity index is 1.61. The maximum atomic E-state index is 13.5. The maximum absolute atomic E-state index is 13.5. The van der Waals surface area contributed by atoms with Crippen LogP contribution in [0.1, 0.15) is 24.0 Å². The van der Waals surface area contributed by atoms with Gasteiger partial charge in [-0.25, -0.2) is 9.18 Å². The molecule has 1 fully saturated rings. The molecule has 0 saturated carbocycles. The highest BCUT2D eigenvalue weighted by molar-refractivity contribution is 5.73. The van der Waals surface area contributed by atoms with E-state index in [2.05, 4.69) is 34.5 Å². The van der Waals surface area contributed by atoms with Gasteiger partial charge in [-0.1, -0.05) is 12.1 Å². The monoisotopic (exact) mass is 336 g/mol. The molecule has 6 heteroatoms. The van der Waals surface area contributed by atoms with Crippen molar-refractivity contribution in [3.05, 3.63) is 35.1 Å². The number of hydrogen-bond acceptors (Lipinski definition) is 3. The molecule has 0 radical (unpaired) electrons. The topological polar surface area (TPSA) is 47.6 Å². The molecule has 1 aromatic rings. The summed E-state index contributed by atoms with van der Waals surface area (Å²) in [5.41, 5.74) is 1.38. The first-order chi connectivity index (χ1) is 11.5. The van der Waals surface area contributed by atoms with E-state index in [-0.39, 0.29) is 11.8 Å². The van der Waals surface area contributed by atoms with Gasteiger partial charge in [-0.2, -0.15) is 0 Å². The minimum atomic E-state index is -0.240. The summed E-state index contributed by atoms with van der Waals surface area (Å²) in [7, 11) is 4.26. The zero-order chi connectivity index (χ0) is 17.5. The van der Waals surface area contributed by atoms with E-state index in [4.69, 9.17) is 0 Å². The first kappa shape index (κ1) is 18.7. The molecule has 0 spiro atoms. The number of urea groups is 1. The van der Waals surface area contributed by atoms with Crippen molar-refractivity contribution < 1.29 is 9.18 Å². The lowest BCUT2D eigenvalue weighted by Gasteiger charge is -2.35. The van der Waals surface area contributed by atoms with Crippen LogP contribution >= 0.6 is 0 Å². The van der Waals surface area contributed by atoms with Crippen LogP contribution in [0.2, 0.25) is 0 Å². The van der Waals surface area contributed by atoms with Crippen LogP contribution < -0.4 is 10.6 Å². The zero-order valence-electron chi connectivity index (χ0n) is 14.9. The fourth-order valence-corrected chi connectivity index (χ4v) is 2.98. The van der Waals surface area contributed by atoms with Gasteiger partial charge in [0.15, 0.2) is 0 Å². The van der Waals surface area contributed by atoms with Gasteiger partial charge in [-0.05, 0) is 64.1 Å². The third-order valence-corrected chi connectivity index (χ3v) is 4.69. The quantitative estimate of drug-likeness (QED) is 0.835. The standard InChI is InChI=1S/C18H29FN4O/c1-14-4-5-15(12-17(14)19)13-21-18(24)20-8-11-23-9-6-16(7-10-23)22(2)3/h4-5,12,16H,6-11,13H2,1-3H3,(H2,20,21,24). The zero-order valence-corrected chi connectivity index (χ0v) is 14.9. The van der Waals surface area contributed by atoms with Crippen molar-refractivity contribution in [3.8, 4) is 0 Å². The molecule has 24 heavy (non-hydrogen) atoms. The van der Waals surface area contributed by atoms with Crippen molar-refractivity contribution in [3.63, 3.8) is 0 Å². The lowest BCUT2D eigenvalue weighted by Crippen LogP contribution is -2.45. The summed E-state index contributed by atoms with van der Waals surface area (Å²) in [6, 6.07) is 5.48. The number of halogens is 1. The van der Waals surface area contributed by atoms with Crippen LogP contribution in [0, 0.1) is 12.7 Å². The Morgan fingerprint density at radius 3 is 2.62 bits per heavy atom. The van der Waals surface area contributed by atoms with Crippen molar-refractivity contribution in [2.24, 2.45) is 0 Å². The number of benzene rings is 1. The SMILES string of the molecule is Cc1ccc(CNC(=O)NCCN2CCC(N(C)C)CC2)cc1F. The predicted octanol–water partition coefficient (Wildman–Crippen LogP) is 1.96. The summed E-state index contributed by atoms with van der Waals surface area (Å²) in [4.78, 5) is 16.5. The molecular weight excluding hydrogens is 307 g/mol. The van der Waals surface area contributed by atoms with Crippen LogP contribution in [-0.2, 0) is 6.54 Å². The second-order valence-corrected chi connectivity index (χ2v) is 6.73. The molecular formula is C18H29FN4O. The van der Waals surface area contributed by atoms with Gasteiger partial charge in [0, 0.05) is 25.7 Å². The predicted molar refractivity (Wildman–Crippen MR) is 94.5 cm³/mol. The average molecular weight is 336 g/mol. The smallest absolute Gasteiger partial charge is 0.315 e. The van der Waals surface area contributed by atoms with Gasteiger partial charge in [0.05, 0.1) is 0 Å². The second kappa shape index (κ2) is 8.99. The number of piperidine rings is 1. The molecule has 0 unspecified atom stereocenters. The van der Waals surface area contributed by atoms with E-state index in [9.17, 15) is 9.18 Å². The number of aryl methyl sites for hydroxylation is 1. The summed E-state index contributed by atoms with van der Waals surface area (Å²) in [6.45, 7) is 5.70. The Hall–Kier alpha value is -1.66. The minimum absolute atomic E-state index is 0.209. The number of nitrogens with zero attached hydrogens (tertiary/aromatic N) is 2. The first-order valence-electron chi connectivity index (χ1n) is 8.61. The van der Waals surface area contributed by atoms with E-state index >= 15 is 0 Å². The van der Waals surface area contributed by atoms with Gasteiger partial charge >= 0.3 is 6.03 Å². The van der Waals surface area contributed by atoms with Crippen LogP contribution in [0.4, 0.5) is 9.18 Å². The number of nitrogens with one attached hydrogen (secondary N) is 2. The van der Waals surface area contributed by atoms with E-state index in [1.54, 1.807) is 13.0 Å². The van der Waals surface area contributed by atoms with Crippen LogP contribution in [0.15, 0.2) is 18.2 Å². The normalized spacial score (nSPS) is 16.4. The molecule has 1 aliphatic rings. The Kier molecular flexibility index (Phi) is 6.99. The maximum Gasteiger partial charge on any atom is 0.315 e. The van der Waals surface area contributed by atoms with Crippen molar-refractivity contribution >= 4 is 6.03 Å². The molecule has 1 aliphatic heterocycles. The summed E-state index contributed by atoms with van der Waals surface area (Å²) in [5.74, 6) is -0.240. The Morgan fingerprint density at radius 2 is 2.00 bits per heavy atom. The summed E-state index contributed by atoms with van der Waals surface area (Å²) in [5, 5.41) is 5.63. The average Bonchev–Trinajstić information content (AvgIpc) is 2.56. The van der Waals surface area contributed by atoms with Crippen molar-refractivity contribution in [1.82, 2.24) is 20.4 Å². The number of likely N-dealkylation sites (tertiary alicyclic amines) is 1. The second-order valence-electron chi connectivity index (χ2n) is 6.73. The van der Waals surface area contributed by atoms with Crippen LogP contribution in [-0.4, -0.2) is 62.1 Å². The Morgan fingerprint density at radius 1 is 1.29 bits per heavy atom. The molecule has 0 bridgehead atoms. The molecule has 1 saturated heterocycles. The number of rotatable bonds is 6. The molecule has 1 aromatic carbocycles. The third kappa shape index (κ3) is 5.76. The van der Waals surface area contributed by atoms with Crippen molar-refractivity contribution in [2.45, 2.75) is 32.4 Å². The lowest BCUT2D eigenvalue weighted by atomic mass is 10.0. The lowest BCUT2D eigenvalue weighted by molar-refractivity contribution is 0.146. The van der Waals surface area contributed by atoms with E-state index in [1.165, 1.54) is 18.9 Å². The minimum Gasteiger partial charge on any atom is -0.337 e. The Labute approximate surface area is 144 Å². The van der Waals surface area contributed by atoms with Gasteiger partial charge in [0.25, 0.3) is 0 Å². The summed E-state index contributed by atoms with van der Waals surface area (Å²) in [6.07, 6.45) is 2.36. The third-order valence-electron chi connectivity index (χ3n) is 4.69. The molecule has 2 rings (SSSR count). The molecule has 1 heterocycles. The van der Waals surface area contributed by atoms with E-state index in [0.717, 1.165) is 25.2 Å². The molecule has 134 valence electrons. The number of amides is 2. The highest BCUT2D eigenvalue weighted by atomic mass is 19.1. The highest BCUT2D eigenvalue weighted by Crippen LogP contribution is 2.13. The number of carbonyl (C=O) groups excluding carboxylic acids is 1. The van der Waals surface area contributed by atoms with Gasteiger partial charge in [0.2, 0.25) is 0 Å². The highest BCUT2D eigenvalue weighted by Gasteiger charge is 2.20. The molecule has 2 amide bonds. The van der Waals surface area contributed by atoms with Crippen LogP contribution in [0.3, 0.4) is 0 Å². The van der Waals surface area contributed by atoms with Gasteiger partial charge < -0.3 is 20.4 Å². The van der Waals surface area contributed by atoms with Crippen molar-refractivity contribution in [2.75, 3.05) is 40.3 Å². The van der Waals surface area contributed by atoms with E-state index in [0.29, 0.717) is 24.7 Å². The molecule has 0 aromatic heterocycles. The van der Waals surface area contributed by atoms with Crippen LogP contribution in [0.5, 0.6) is 0 Å². The molecule has 0 aliphatic carbocycles. The van der Waals surface area contributed by atoms with E-state index in [1.807, 2.05) is 6.07 Å². The Bertz CT molecular complexity index is 542. The fourth-order valence-electron chi connectivity index (χ4n) is 2.98. The molecule has 0 atom stereocenters. The fraction of sp³-hybridized carbons (Fsp3) is 0.611. The van der Waals surface area contributed by atoms with Gasteiger partial charge in [-0.3, -0.25) is 0 Å². The van der Waals surface area contributed by atoms with Crippen molar-refractivity contribution in [1.29, 1.82) is 0 Å². The molecule has 2 N–H and O–H groups in total. The largest absolute Gasteiger partial charge is 0.337 e. The summed E-state index contributed by atoms with van der Waals surface area (Å²) < 4.78 is 13.5. The number of carbonyl (C=O) groups is 1. The number of hydrogen-bond donors (Lipinski definition) is 2. The first-order valence-corrected chi connectivity index (χ1v) is 8.61.